The molecule has 4 saturated heterocycles. The van der Waals surface area contributed by atoms with Gasteiger partial charge in [-0.15, -0.1) is 0 Å². The van der Waals surface area contributed by atoms with E-state index in [0.29, 0.717) is 5.41 Å². The van der Waals surface area contributed by atoms with Crippen molar-refractivity contribution in [2.75, 3.05) is 59.0 Å². The van der Waals surface area contributed by atoms with Crippen molar-refractivity contribution in [3.63, 3.8) is 0 Å². The SMILES string of the molecule is CC(C)[C@H](C1CCN(CC2COC2)CC1)N1CC2(CCNC2)C1. The first-order valence-electron chi connectivity index (χ1n) is 9.90. The second-order valence-electron chi connectivity index (χ2n) is 9.11. The number of ether oxygens (including phenoxy) is 1. The Morgan fingerprint density at radius 1 is 1.17 bits per heavy atom. The van der Waals surface area contributed by atoms with E-state index >= 15 is 0 Å². The van der Waals surface area contributed by atoms with Crippen LogP contribution in [0.3, 0.4) is 0 Å². The molecule has 0 bridgehead atoms. The zero-order chi connectivity index (χ0) is 15.9. The average Bonchev–Trinajstić information content (AvgIpc) is 2.93. The Kier molecular flexibility index (Phi) is 4.70. The van der Waals surface area contributed by atoms with E-state index in [1.54, 1.807) is 0 Å². The third-order valence-electron chi connectivity index (χ3n) is 6.85. The van der Waals surface area contributed by atoms with Crippen LogP contribution in [0.15, 0.2) is 0 Å². The predicted molar refractivity (Wildman–Crippen MR) is 93.6 cm³/mol. The van der Waals surface area contributed by atoms with E-state index in [2.05, 4.69) is 29.0 Å². The van der Waals surface area contributed by atoms with Crippen LogP contribution >= 0.6 is 0 Å². The number of hydrogen-bond acceptors (Lipinski definition) is 4. The highest BCUT2D eigenvalue weighted by molar-refractivity contribution is 5.03. The van der Waals surface area contributed by atoms with Gasteiger partial charge in [0.25, 0.3) is 0 Å². The zero-order valence-corrected chi connectivity index (χ0v) is 15.1. The lowest BCUT2D eigenvalue weighted by Crippen LogP contribution is -2.64. The average molecular weight is 322 g/mol. The van der Waals surface area contributed by atoms with Gasteiger partial charge in [-0.1, -0.05) is 13.8 Å². The third kappa shape index (κ3) is 3.33. The minimum absolute atomic E-state index is 0.637. The molecule has 0 aromatic heterocycles. The first kappa shape index (κ1) is 16.3. The summed E-state index contributed by atoms with van der Waals surface area (Å²) in [4.78, 5) is 5.53. The first-order valence-corrected chi connectivity index (χ1v) is 9.90. The molecule has 4 heterocycles. The molecule has 4 heteroatoms. The molecule has 23 heavy (non-hydrogen) atoms. The lowest BCUT2D eigenvalue weighted by atomic mass is 9.73. The summed E-state index contributed by atoms with van der Waals surface area (Å²) >= 11 is 0. The molecule has 0 unspecified atom stereocenters. The number of likely N-dealkylation sites (tertiary alicyclic amines) is 2. The molecule has 0 amide bonds. The van der Waals surface area contributed by atoms with Crippen molar-refractivity contribution in [1.29, 1.82) is 0 Å². The highest BCUT2D eigenvalue weighted by Crippen LogP contribution is 2.41. The summed E-state index contributed by atoms with van der Waals surface area (Å²) in [6.45, 7) is 16.0. The Morgan fingerprint density at radius 3 is 2.43 bits per heavy atom. The molecule has 0 saturated carbocycles. The van der Waals surface area contributed by atoms with Crippen LogP contribution in [0.4, 0.5) is 0 Å². The highest BCUT2D eigenvalue weighted by atomic mass is 16.5. The molecule has 4 aliphatic rings. The van der Waals surface area contributed by atoms with Crippen LogP contribution in [0.5, 0.6) is 0 Å². The molecule has 0 radical (unpaired) electrons. The molecule has 1 atom stereocenters. The van der Waals surface area contributed by atoms with E-state index < -0.39 is 0 Å². The van der Waals surface area contributed by atoms with E-state index in [1.165, 1.54) is 65.1 Å². The van der Waals surface area contributed by atoms with Gasteiger partial charge in [0.2, 0.25) is 0 Å². The Labute approximate surface area is 141 Å². The van der Waals surface area contributed by atoms with Gasteiger partial charge in [-0.2, -0.15) is 0 Å². The summed E-state index contributed by atoms with van der Waals surface area (Å²) in [7, 11) is 0. The molecule has 4 fully saturated rings. The largest absolute Gasteiger partial charge is 0.381 e. The van der Waals surface area contributed by atoms with Crippen LogP contribution in [0.25, 0.3) is 0 Å². The summed E-state index contributed by atoms with van der Waals surface area (Å²) in [5.41, 5.74) is 0.637. The van der Waals surface area contributed by atoms with E-state index in [-0.39, 0.29) is 0 Å². The van der Waals surface area contributed by atoms with Crippen molar-refractivity contribution in [3.8, 4) is 0 Å². The smallest absolute Gasteiger partial charge is 0.0528 e. The van der Waals surface area contributed by atoms with Crippen LogP contribution < -0.4 is 5.32 Å². The maximum absolute atomic E-state index is 5.33. The second kappa shape index (κ2) is 6.62. The van der Waals surface area contributed by atoms with Gasteiger partial charge in [0.1, 0.15) is 0 Å². The Hall–Kier alpha value is -0.160. The number of piperidine rings is 1. The van der Waals surface area contributed by atoms with Crippen molar-refractivity contribution >= 4 is 0 Å². The molecule has 132 valence electrons. The topological polar surface area (TPSA) is 27.7 Å². The molecule has 0 aromatic carbocycles. The Balaban J connectivity index is 1.28. The number of nitrogens with one attached hydrogen (secondary N) is 1. The predicted octanol–water partition coefficient (Wildman–Crippen LogP) is 1.66. The van der Waals surface area contributed by atoms with Crippen molar-refractivity contribution in [3.05, 3.63) is 0 Å². The fourth-order valence-electron chi connectivity index (χ4n) is 5.59. The number of hydrogen-bond donors (Lipinski definition) is 1. The molecule has 1 spiro atoms. The molecule has 4 rings (SSSR count). The van der Waals surface area contributed by atoms with E-state index in [1.807, 2.05) is 0 Å². The maximum Gasteiger partial charge on any atom is 0.0528 e. The third-order valence-corrected chi connectivity index (χ3v) is 6.85. The molecule has 4 nitrogen and oxygen atoms in total. The molecule has 0 aliphatic carbocycles. The molecule has 1 N–H and O–H groups in total. The van der Waals surface area contributed by atoms with Crippen molar-refractivity contribution in [2.24, 2.45) is 23.2 Å². The van der Waals surface area contributed by atoms with Crippen molar-refractivity contribution in [2.45, 2.75) is 39.2 Å². The van der Waals surface area contributed by atoms with Gasteiger partial charge >= 0.3 is 0 Å². The van der Waals surface area contributed by atoms with Crippen LogP contribution in [0.1, 0.15) is 33.1 Å². The first-order chi connectivity index (χ1) is 11.2. The lowest BCUT2D eigenvalue weighted by Gasteiger charge is -2.55. The van der Waals surface area contributed by atoms with Crippen LogP contribution in [-0.2, 0) is 4.74 Å². The quantitative estimate of drug-likeness (QED) is 0.833. The summed E-state index contributed by atoms with van der Waals surface area (Å²) in [5, 5.41) is 3.57. The van der Waals surface area contributed by atoms with Crippen LogP contribution in [0, 0.1) is 23.2 Å². The van der Waals surface area contributed by atoms with Crippen LogP contribution in [0.2, 0.25) is 0 Å². The highest BCUT2D eigenvalue weighted by Gasteiger charge is 2.49. The number of rotatable bonds is 5. The van der Waals surface area contributed by atoms with Gasteiger partial charge in [-0.25, -0.2) is 0 Å². The van der Waals surface area contributed by atoms with Gasteiger partial charge in [-0.05, 0) is 50.7 Å². The van der Waals surface area contributed by atoms with Gasteiger partial charge in [0.05, 0.1) is 13.2 Å². The summed E-state index contributed by atoms with van der Waals surface area (Å²) in [6, 6.07) is 0.815. The summed E-state index contributed by atoms with van der Waals surface area (Å²) < 4.78 is 5.33. The van der Waals surface area contributed by atoms with Gasteiger partial charge in [-0.3, -0.25) is 4.90 Å². The second-order valence-corrected chi connectivity index (χ2v) is 9.11. The fraction of sp³-hybridized carbons (Fsp3) is 1.00. The van der Waals surface area contributed by atoms with E-state index in [0.717, 1.165) is 37.0 Å². The summed E-state index contributed by atoms with van der Waals surface area (Å²) in [5.74, 6) is 2.52. The molecular formula is C19H35N3O. The monoisotopic (exact) mass is 321 g/mol. The Bertz CT molecular complexity index is 387. The van der Waals surface area contributed by atoms with Crippen LogP contribution in [-0.4, -0.2) is 74.9 Å². The lowest BCUT2D eigenvalue weighted by molar-refractivity contribution is -0.0702. The summed E-state index contributed by atoms with van der Waals surface area (Å²) in [6.07, 6.45) is 4.20. The van der Waals surface area contributed by atoms with Gasteiger partial charge in [0, 0.05) is 43.6 Å². The minimum Gasteiger partial charge on any atom is -0.381 e. The van der Waals surface area contributed by atoms with Crippen molar-refractivity contribution < 1.29 is 4.74 Å². The molecule has 4 aliphatic heterocycles. The zero-order valence-electron chi connectivity index (χ0n) is 15.1. The maximum atomic E-state index is 5.33. The van der Waals surface area contributed by atoms with Gasteiger partial charge < -0.3 is 15.0 Å². The fourth-order valence-corrected chi connectivity index (χ4v) is 5.59. The normalized spacial score (nSPS) is 31.4. The Morgan fingerprint density at radius 2 is 1.91 bits per heavy atom. The number of nitrogens with zero attached hydrogens (tertiary/aromatic N) is 2. The molecule has 0 aromatic rings. The van der Waals surface area contributed by atoms with Crippen molar-refractivity contribution in [1.82, 2.24) is 15.1 Å². The van der Waals surface area contributed by atoms with E-state index in [4.69, 9.17) is 4.74 Å². The van der Waals surface area contributed by atoms with E-state index in [9.17, 15) is 0 Å². The molecular weight excluding hydrogens is 286 g/mol. The standard InChI is InChI=1S/C19H35N3O/c1-15(2)18(22-13-19(14-22)5-6-20-12-19)17-3-7-21(8-4-17)9-16-10-23-11-16/h15-18,20H,3-14H2,1-2H3/t18-/m1/s1. The minimum atomic E-state index is 0.637. The van der Waals surface area contributed by atoms with Gasteiger partial charge in [0.15, 0.2) is 0 Å².